The van der Waals surface area contributed by atoms with Crippen LogP contribution >= 0.6 is 15.9 Å². The Morgan fingerprint density at radius 2 is 1.88 bits per heavy atom. The van der Waals surface area contributed by atoms with E-state index in [1.807, 2.05) is 26.0 Å². The van der Waals surface area contributed by atoms with Crippen molar-refractivity contribution in [3.8, 4) is 0 Å². The second-order valence-corrected chi connectivity index (χ2v) is 6.60. The Kier molecular flexibility index (Phi) is 3.11. The maximum atomic E-state index is 12.2. The Bertz CT molecular complexity index is 483. The lowest BCUT2D eigenvalue weighted by Gasteiger charge is -2.06. The molecule has 0 amide bonds. The second kappa shape index (κ2) is 4.13. The first-order valence-electron chi connectivity index (χ1n) is 5.14. The van der Waals surface area contributed by atoms with Gasteiger partial charge < -0.3 is 0 Å². The summed E-state index contributed by atoms with van der Waals surface area (Å²) >= 11 is 3.33. The highest BCUT2D eigenvalue weighted by Crippen LogP contribution is 2.36. The minimum atomic E-state index is -3.29. The van der Waals surface area contributed by atoms with Gasteiger partial charge in [0.2, 0.25) is 10.0 Å². The van der Waals surface area contributed by atoms with E-state index in [0.717, 1.165) is 5.56 Å². The van der Waals surface area contributed by atoms with E-state index in [0.29, 0.717) is 10.2 Å². The number of hydrogen-bond donors (Lipinski definition) is 0. The number of sulfonamides is 1. The van der Waals surface area contributed by atoms with Gasteiger partial charge in [0.1, 0.15) is 0 Å². The van der Waals surface area contributed by atoms with Crippen molar-refractivity contribution in [2.75, 3.05) is 5.33 Å². The first-order valence-corrected chi connectivity index (χ1v) is 7.71. The SMILES string of the molecule is Cc1ccc(S(=O)(=O)N2[C@H](CBr)[C@@H]2C)cc1. The fourth-order valence-electron chi connectivity index (χ4n) is 1.81. The molecular formula is C11H14BrNO2S. The molecule has 1 aromatic carbocycles. The molecular weight excluding hydrogens is 290 g/mol. The van der Waals surface area contributed by atoms with Crippen LogP contribution in [0.1, 0.15) is 12.5 Å². The molecule has 0 aliphatic carbocycles. The van der Waals surface area contributed by atoms with Gasteiger partial charge in [-0.25, -0.2) is 8.42 Å². The lowest BCUT2D eigenvalue weighted by Crippen LogP contribution is -2.15. The van der Waals surface area contributed by atoms with Gasteiger partial charge in [0.15, 0.2) is 0 Å². The third-order valence-electron chi connectivity index (χ3n) is 2.95. The molecule has 1 aromatic rings. The number of alkyl halides is 1. The van der Waals surface area contributed by atoms with Gasteiger partial charge in [-0.05, 0) is 26.0 Å². The van der Waals surface area contributed by atoms with E-state index < -0.39 is 10.0 Å². The van der Waals surface area contributed by atoms with Crippen molar-refractivity contribution in [2.45, 2.75) is 30.8 Å². The minimum absolute atomic E-state index is 0.102. The first-order chi connectivity index (χ1) is 7.48. The minimum Gasteiger partial charge on any atom is -0.207 e. The van der Waals surface area contributed by atoms with Crippen LogP contribution in [0, 0.1) is 6.92 Å². The monoisotopic (exact) mass is 303 g/mol. The molecule has 16 heavy (non-hydrogen) atoms. The summed E-state index contributed by atoms with van der Waals surface area (Å²) in [5, 5.41) is 0.694. The van der Waals surface area contributed by atoms with E-state index in [1.165, 1.54) is 0 Å². The summed E-state index contributed by atoms with van der Waals surface area (Å²) in [6.45, 7) is 3.87. The molecule has 0 spiro atoms. The summed E-state index contributed by atoms with van der Waals surface area (Å²) in [5.41, 5.74) is 1.06. The van der Waals surface area contributed by atoms with Crippen LogP contribution in [0.25, 0.3) is 0 Å². The number of rotatable bonds is 3. The molecule has 0 N–H and O–H groups in total. The second-order valence-electron chi connectivity index (χ2n) is 4.11. The maximum Gasteiger partial charge on any atom is 0.243 e. The fourth-order valence-corrected chi connectivity index (χ4v) is 4.71. The quantitative estimate of drug-likeness (QED) is 0.634. The largest absolute Gasteiger partial charge is 0.243 e. The Hall–Kier alpha value is -0.390. The lowest BCUT2D eigenvalue weighted by atomic mass is 10.2. The normalized spacial score (nSPS) is 29.1. The number of nitrogens with zero attached hydrogens (tertiary/aromatic N) is 1. The van der Waals surface area contributed by atoms with Crippen LogP contribution in [0.5, 0.6) is 0 Å². The molecule has 88 valence electrons. The zero-order valence-electron chi connectivity index (χ0n) is 9.22. The molecule has 0 aromatic heterocycles. The Balaban J connectivity index is 2.31. The van der Waals surface area contributed by atoms with Gasteiger partial charge in [-0.2, -0.15) is 4.31 Å². The topological polar surface area (TPSA) is 37.1 Å². The van der Waals surface area contributed by atoms with Crippen molar-refractivity contribution < 1.29 is 8.42 Å². The molecule has 3 atom stereocenters. The average Bonchev–Trinajstić information content (AvgIpc) is 2.90. The summed E-state index contributed by atoms with van der Waals surface area (Å²) in [5.74, 6) is 0. The summed E-state index contributed by atoms with van der Waals surface area (Å²) in [6, 6.07) is 7.19. The fraction of sp³-hybridized carbons (Fsp3) is 0.455. The van der Waals surface area contributed by atoms with Gasteiger partial charge >= 0.3 is 0 Å². The molecule has 0 radical (unpaired) electrons. The number of hydrogen-bond acceptors (Lipinski definition) is 2. The Labute approximate surface area is 105 Å². The molecule has 3 nitrogen and oxygen atoms in total. The van der Waals surface area contributed by atoms with Crippen molar-refractivity contribution in [3.05, 3.63) is 29.8 Å². The van der Waals surface area contributed by atoms with E-state index >= 15 is 0 Å². The number of halogens is 1. The van der Waals surface area contributed by atoms with Crippen LogP contribution in [-0.4, -0.2) is 30.1 Å². The molecule has 1 fully saturated rings. The predicted molar refractivity (Wildman–Crippen MR) is 67.2 cm³/mol. The van der Waals surface area contributed by atoms with E-state index in [9.17, 15) is 8.42 Å². The third kappa shape index (κ3) is 1.92. The average molecular weight is 304 g/mol. The molecule has 1 unspecified atom stereocenters. The highest BCUT2D eigenvalue weighted by molar-refractivity contribution is 9.09. The smallest absolute Gasteiger partial charge is 0.207 e. The van der Waals surface area contributed by atoms with Crippen LogP contribution < -0.4 is 0 Å². The third-order valence-corrected chi connectivity index (χ3v) is 5.64. The van der Waals surface area contributed by atoms with Crippen molar-refractivity contribution >= 4 is 26.0 Å². The van der Waals surface area contributed by atoms with Crippen LogP contribution in [0.4, 0.5) is 0 Å². The van der Waals surface area contributed by atoms with Crippen molar-refractivity contribution in [3.63, 3.8) is 0 Å². The van der Waals surface area contributed by atoms with Crippen LogP contribution in [0.2, 0.25) is 0 Å². The summed E-state index contributed by atoms with van der Waals surface area (Å²) in [6.07, 6.45) is 0. The number of benzene rings is 1. The summed E-state index contributed by atoms with van der Waals surface area (Å²) in [4.78, 5) is 0.383. The van der Waals surface area contributed by atoms with Gasteiger partial charge in [-0.3, -0.25) is 0 Å². The molecule has 0 saturated carbocycles. The maximum absolute atomic E-state index is 12.2. The van der Waals surface area contributed by atoms with Gasteiger partial charge in [0.05, 0.1) is 10.9 Å². The zero-order valence-corrected chi connectivity index (χ0v) is 11.6. The number of aryl methyl sites for hydroxylation is 1. The summed E-state index contributed by atoms with van der Waals surface area (Å²) in [7, 11) is -3.29. The highest BCUT2D eigenvalue weighted by Gasteiger charge is 2.51. The van der Waals surface area contributed by atoms with Gasteiger partial charge in [-0.15, -0.1) is 0 Å². The molecule has 1 aliphatic rings. The van der Waals surface area contributed by atoms with E-state index in [1.54, 1.807) is 16.4 Å². The molecule has 1 heterocycles. The van der Waals surface area contributed by atoms with Gasteiger partial charge in [-0.1, -0.05) is 33.6 Å². The van der Waals surface area contributed by atoms with E-state index in [2.05, 4.69) is 15.9 Å². The lowest BCUT2D eigenvalue weighted by molar-refractivity contribution is 0.550. The highest BCUT2D eigenvalue weighted by atomic mass is 79.9. The van der Waals surface area contributed by atoms with Crippen molar-refractivity contribution in [2.24, 2.45) is 0 Å². The van der Waals surface area contributed by atoms with Crippen LogP contribution in [-0.2, 0) is 10.0 Å². The molecule has 5 heteroatoms. The predicted octanol–water partition coefficient (Wildman–Crippen LogP) is 2.15. The zero-order chi connectivity index (χ0) is 11.9. The van der Waals surface area contributed by atoms with Crippen LogP contribution in [0.3, 0.4) is 0 Å². The Morgan fingerprint density at radius 3 is 2.31 bits per heavy atom. The van der Waals surface area contributed by atoms with Crippen molar-refractivity contribution in [1.82, 2.24) is 4.31 Å². The van der Waals surface area contributed by atoms with Crippen LogP contribution in [0.15, 0.2) is 29.2 Å². The standard InChI is InChI=1S/C11H14BrNO2S/c1-8-3-5-10(6-4-8)16(14,15)13-9(2)11(13)7-12/h3-6,9,11H,7H2,1-2H3/t9-,11+,13?/m0/s1. The van der Waals surface area contributed by atoms with E-state index in [-0.39, 0.29) is 12.1 Å². The first kappa shape index (κ1) is 12.1. The summed E-state index contributed by atoms with van der Waals surface area (Å²) < 4.78 is 25.9. The molecule has 2 rings (SSSR count). The molecule has 0 bridgehead atoms. The van der Waals surface area contributed by atoms with Gasteiger partial charge in [0.25, 0.3) is 0 Å². The van der Waals surface area contributed by atoms with Crippen molar-refractivity contribution in [1.29, 1.82) is 0 Å². The van der Waals surface area contributed by atoms with Gasteiger partial charge in [0, 0.05) is 11.4 Å². The van der Waals surface area contributed by atoms with E-state index in [4.69, 9.17) is 0 Å². The molecule has 1 aliphatic heterocycles. The molecule has 1 saturated heterocycles. The Morgan fingerprint density at radius 1 is 1.31 bits per heavy atom.